The van der Waals surface area contributed by atoms with Gasteiger partial charge in [-0.2, -0.15) is 5.10 Å². The van der Waals surface area contributed by atoms with Gasteiger partial charge in [0.25, 0.3) is 0 Å². The van der Waals surface area contributed by atoms with Gasteiger partial charge in [-0.05, 0) is 51.0 Å². The number of nitrogens with zero attached hydrogens (tertiary/aromatic N) is 2. The van der Waals surface area contributed by atoms with Crippen LogP contribution in [0.1, 0.15) is 45.7 Å². The maximum absolute atomic E-state index is 14.6. The van der Waals surface area contributed by atoms with E-state index in [4.69, 9.17) is 4.74 Å². The van der Waals surface area contributed by atoms with E-state index in [9.17, 15) is 14.0 Å². The van der Waals surface area contributed by atoms with E-state index in [0.717, 1.165) is 0 Å². The van der Waals surface area contributed by atoms with Crippen LogP contribution < -0.4 is 10.6 Å². The number of amides is 2. The fraction of sp³-hybridized carbons (Fsp3) is 0.409. The third-order valence-corrected chi connectivity index (χ3v) is 4.69. The number of hydrogen-bond acceptors (Lipinski definition) is 4. The number of halogens is 1. The number of alkyl carbamates (subject to hydrolysis) is 1. The highest BCUT2D eigenvalue weighted by Gasteiger charge is 2.23. The zero-order chi connectivity index (χ0) is 22.1. The molecule has 1 aromatic heterocycles. The van der Waals surface area contributed by atoms with Crippen molar-refractivity contribution in [3.05, 3.63) is 47.9 Å². The number of benzene rings is 1. The fourth-order valence-corrected chi connectivity index (χ4v) is 3.30. The van der Waals surface area contributed by atoms with Crippen molar-refractivity contribution >= 4 is 17.7 Å². The number of carbonyl (C=O) groups excluding carboxylic acids is 2. The first-order valence-corrected chi connectivity index (χ1v) is 9.83. The van der Waals surface area contributed by atoms with Gasteiger partial charge in [-0.1, -0.05) is 19.1 Å². The molecule has 2 N–H and O–H groups in total. The van der Waals surface area contributed by atoms with E-state index in [2.05, 4.69) is 15.7 Å². The van der Waals surface area contributed by atoms with Crippen LogP contribution in [0.4, 0.5) is 14.9 Å². The summed E-state index contributed by atoms with van der Waals surface area (Å²) in [6.45, 7) is 7.11. The Morgan fingerprint density at radius 1 is 1.33 bits per heavy atom. The van der Waals surface area contributed by atoms with Crippen LogP contribution in [0.15, 0.2) is 36.5 Å². The Labute approximate surface area is 175 Å². The van der Waals surface area contributed by atoms with Gasteiger partial charge in [-0.25, -0.2) is 9.18 Å². The summed E-state index contributed by atoms with van der Waals surface area (Å²) in [6.07, 6.45) is 4.89. The van der Waals surface area contributed by atoms with Crippen molar-refractivity contribution in [1.29, 1.82) is 0 Å². The molecule has 0 aliphatic carbocycles. The van der Waals surface area contributed by atoms with Crippen LogP contribution in [-0.4, -0.2) is 27.4 Å². The number of fused-ring (bicyclic) bond motifs is 4. The van der Waals surface area contributed by atoms with E-state index in [1.165, 1.54) is 18.3 Å². The summed E-state index contributed by atoms with van der Waals surface area (Å²) >= 11 is 0. The van der Waals surface area contributed by atoms with Gasteiger partial charge in [0.05, 0.1) is 29.5 Å². The molecular weight excluding hydrogens is 387 g/mol. The first-order chi connectivity index (χ1) is 14.0. The number of rotatable bonds is 1. The maximum Gasteiger partial charge on any atom is 0.408 e. The molecule has 2 aromatic rings. The second kappa shape index (κ2) is 8.30. The Morgan fingerprint density at radius 2 is 2.07 bits per heavy atom. The van der Waals surface area contributed by atoms with Crippen LogP contribution in [0, 0.1) is 11.7 Å². The molecule has 2 atom stereocenters. The second-order valence-electron chi connectivity index (χ2n) is 8.44. The molecular formula is C22H27FN4O3. The molecule has 0 fully saturated rings. The minimum absolute atomic E-state index is 0.200. The van der Waals surface area contributed by atoms with Crippen LogP contribution in [0.5, 0.6) is 0 Å². The number of aryl methyl sites for hydroxylation is 1. The fourth-order valence-electron chi connectivity index (χ4n) is 3.30. The molecule has 0 radical (unpaired) electrons. The Balaban J connectivity index is 2.07. The number of nitrogens with one attached hydrogen (secondary N) is 2. The van der Waals surface area contributed by atoms with Crippen LogP contribution >= 0.6 is 0 Å². The quantitative estimate of drug-likeness (QED) is 0.681. The molecule has 0 spiro atoms. The van der Waals surface area contributed by atoms with Gasteiger partial charge in [0, 0.05) is 12.6 Å². The summed E-state index contributed by atoms with van der Waals surface area (Å²) in [6, 6.07) is 4.03. The van der Waals surface area contributed by atoms with E-state index < -0.39 is 29.5 Å². The number of carbonyl (C=O) groups is 2. The molecule has 30 heavy (non-hydrogen) atoms. The molecule has 1 aliphatic rings. The minimum atomic E-state index is -0.658. The average molecular weight is 414 g/mol. The van der Waals surface area contributed by atoms with Gasteiger partial charge < -0.3 is 15.4 Å². The zero-order valence-corrected chi connectivity index (χ0v) is 17.8. The highest BCUT2D eigenvalue weighted by molar-refractivity contribution is 5.96. The first-order valence-electron chi connectivity index (χ1n) is 9.83. The molecule has 2 bridgehead atoms. The van der Waals surface area contributed by atoms with E-state index in [0.29, 0.717) is 28.9 Å². The zero-order valence-electron chi connectivity index (χ0n) is 17.8. The Bertz CT molecular complexity index is 991. The maximum atomic E-state index is 14.6. The van der Waals surface area contributed by atoms with Crippen molar-refractivity contribution in [3.8, 4) is 11.3 Å². The molecule has 160 valence electrons. The van der Waals surface area contributed by atoms with E-state index in [1.54, 1.807) is 51.6 Å². The minimum Gasteiger partial charge on any atom is -0.444 e. The number of anilines is 1. The lowest BCUT2D eigenvalue weighted by atomic mass is 9.97. The molecule has 0 saturated heterocycles. The summed E-state index contributed by atoms with van der Waals surface area (Å²) in [5, 5.41) is 9.89. The lowest BCUT2D eigenvalue weighted by Gasteiger charge is -2.24. The smallest absolute Gasteiger partial charge is 0.408 e. The molecule has 2 amide bonds. The summed E-state index contributed by atoms with van der Waals surface area (Å²) < 4.78 is 21.5. The van der Waals surface area contributed by atoms with Gasteiger partial charge in [-0.3, -0.25) is 9.48 Å². The highest BCUT2D eigenvalue weighted by Crippen LogP contribution is 2.32. The van der Waals surface area contributed by atoms with Gasteiger partial charge in [-0.15, -0.1) is 0 Å². The summed E-state index contributed by atoms with van der Waals surface area (Å²) in [5.74, 6) is -1.05. The van der Waals surface area contributed by atoms with Crippen LogP contribution in [0.2, 0.25) is 0 Å². The molecule has 0 saturated carbocycles. The van der Waals surface area contributed by atoms with Crippen LogP contribution in [0.3, 0.4) is 0 Å². The van der Waals surface area contributed by atoms with Crippen LogP contribution in [0.25, 0.3) is 11.3 Å². The molecule has 8 heteroatoms. The Kier molecular flexibility index (Phi) is 5.96. The van der Waals surface area contributed by atoms with Crippen molar-refractivity contribution in [3.63, 3.8) is 0 Å². The third kappa shape index (κ3) is 5.06. The predicted molar refractivity (Wildman–Crippen MR) is 112 cm³/mol. The molecule has 3 rings (SSSR count). The third-order valence-electron chi connectivity index (χ3n) is 4.69. The summed E-state index contributed by atoms with van der Waals surface area (Å²) in [5.41, 5.74) is 1.56. The molecule has 1 aliphatic heterocycles. The molecule has 2 heterocycles. The van der Waals surface area contributed by atoms with Gasteiger partial charge in [0.1, 0.15) is 11.4 Å². The van der Waals surface area contributed by atoms with E-state index in [-0.39, 0.29) is 5.91 Å². The largest absolute Gasteiger partial charge is 0.444 e. The van der Waals surface area contributed by atoms with E-state index >= 15 is 0 Å². The average Bonchev–Trinajstić information content (AvgIpc) is 2.98. The Hall–Kier alpha value is -3.16. The second-order valence-corrected chi connectivity index (χ2v) is 8.44. The predicted octanol–water partition coefficient (Wildman–Crippen LogP) is 4.33. The molecule has 0 unspecified atom stereocenters. The number of hydrogen-bond donors (Lipinski definition) is 2. The molecule has 7 nitrogen and oxygen atoms in total. The first kappa shape index (κ1) is 21.5. The van der Waals surface area contributed by atoms with Crippen molar-refractivity contribution < 1.29 is 18.7 Å². The topological polar surface area (TPSA) is 85.2 Å². The number of ether oxygens (including phenoxy) is 1. The van der Waals surface area contributed by atoms with Gasteiger partial charge in [0.2, 0.25) is 5.91 Å². The molecule has 1 aromatic carbocycles. The SMILES string of the molecule is C[C@@H]1/C=C\C[C@H](NC(=O)OC(C)(C)C)c2cc(F)cc(c2)-c2c(cnn2C)NC1=O. The lowest BCUT2D eigenvalue weighted by molar-refractivity contribution is -0.118. The number of aromatic nitrogens is 2. The lowest BCUT2D eigenvalue weighted by Crippen LogP contribution is -2.35. The summed E-state index contributed by atoms with van der Waals surface area (Å²) in [7, 11) is 1.72. The standard InChI is InChI=1S/C22H27FN4O3/c1-13-7-6-8-17(26-21(29)30-22(2,3)4)14-9-15(11-16(23)10-14)19-18(25-20(13)28)12-24-27(19)5/h6-7,9-13,17H,8H2,1-5H3,(H,25,28)(H,26,29)/b7-6-/t13-,17+/m1/s1. The monoisotopic (exact) mass is 414 g/mol. The van der Waals surface area contributed by atoms with Gasteiger partial charge >= 0.3 is 6.09 Å². The van der Waals surface area contributed by atoms with Crippen LogP contribution in [-0.2, 0) is 16.6 Å². The summed E-state index contributed by atoms with van der Waals surface area (Å²) in [4.78, 5) is 24.9. The Morgan fingerprint density at radius 3 is 2.77 bits per heavy atom. The highest BCUT2D eigenvalue weighted by atomic mass is 19.1. The van der Waals surface area contributed by atoms with Crippen molar-refractivity contribution in [1.82, 2.24) is 15.1 Å². The van der Waals surface area contributed by atoms with Gasteiger partial charge in [0.15, 0.2) is 0 Å². The van der Waals surface area contributed by atoms with Crippen molar-refractivity contribution in [2.75, 3.05) is 5.32 Å². The normalized spacial score (nSPS) is 20.3. The van der Waals surface area contributed by atoms with E-state index in [1.807, 2.05) is 6.08 Å². The van der Waals surface area contributed by atoms with Crippen molar-refractivity contribution in [2.45, 2.75) is 45.8 Å². The van der Waals surface area contributed by atoms with Crippen molar-refractivity contribution in [2.24, 2.45) is 13.0 Å².